The molecule has 0 aliphatic carbocycles. The number of anilines is 1. The standard InChI is InChI=1S/C20H25N3O4S/c1-26-16-9-8-14(11-17(16)27-2)15-13-28-20(21-15)22-18(24)12-23-10-6-4-3-5-7-19(23)25/h8-9,11,13H,3-7,10,12H2,1-2H3,(H,21,22,24). The molecule has 150 valence electrons. The number of likely N-dealkylation sites (tertiary alicyclic amines) is 1. The zero-order chi connectivity index (χ0) is 19.9. The Balaban J connectivity index is 1.64. The lowest BCUT2D eigenvalue weighted by Gasteiger charge is -2.23. The normalized spacial score (nSPS) is 14.9. The fourth-order valence-electron chi connectivity index (χ4n) is 3.17. The second-order valence-electron chi connectivity index (χ2n) is 6.64. The van der Waals surface area contributed by atoms with Crippen molar-refractivity contribution in [3.05, 3.63) is 23.6 Å². The van der Waals surface area contributed by atoms with Crippen LogP contribution in [0.4, 0.5) is 5.13 Å². The van der Waals surface area contributed by atoms with E-state index >= 15 is 0 Å². The van der Waals surface area contributed by atoms with Crippen molar-refractivity contribution in [2.75, 3.05) is 32.6 Å². The molecule has 0 spiro atoms. The minimum atomic E-state index is -0.220. The van der Waals surface area contributed by atoms with Gasteiger partial charge in [0, 0.05) is 23.9 Å². The second-order valence-corrected chi connectivity index (χ2v) is 7.49. The molecule has 0 saturated carbocycles. The number of amides is 2. The van der Waals surface area contributed by atoms with Crippen molar-refractivity contribution in [1.29, 1.82) is 0 Å². The Morgan fingerprint density at radius 3 is 2.75 bits per heavy atom. The Morgan fingerprint density at radius 1 is 1.18 bits per heavy atom. The Morgan fingerprint density at radius 2 is 1.96 bits per heavy atom. The minimum absolute atomic E-state index is 0.0556. The number of thiazole rings is 1. The molecule has 2 heterocycles. The summed E-state index contributed by atoms with van der Waals surface area (Å²) in [4.78, 5) is 30.7. The monoisotopic (exact) mass is 403 g/mol. The number of methoxy groups -OCH3 is 2. The third-order valence-corrected chi connectivity index (χ3v) is 5.44. The Hall–Kier alpha value is -2.61. The van der Waals surface area contributed by atoms with Crippen LogP contribution in [0.25, 0.3) is 11.3 Å². The lowest BCUT2D eigenvalue weighted by atomic mass is 10.1. The van der Waals surface area contributed by atoms with Crippen molar-refractivity contribution in [3.63, 3.8) is 0 Å². The van der Waals surface area contributed by atoms with E-state index in [2.05, 4.69) is 10.3 Å². The summed E-state index contributed by atoms with van der Waals surface area (Å²) in [5.41, 5.74) is 1.61. The predicted molar refractivity (Wildman–Crippen MR) is 109 cm³/mol. The van der Waals surface area contributed by atoms with Gasteiger partial charge in [-0.05, 0) is 31.0 Å². The van der Waals surface area contributed by atoms with Crippen LogP contribution in [0, 0.1) is 0 Å². The number of hydrogen-bond donors (Lipinski definition) is 1. The summed E-state index contributed by atoms with van der Waals surface area (Å²) in [7, 11) is 3.17. The molecule has 0 unspecified atom stereocenters. The average Bonchev–Trinajstić information content (AvgIpc) is 3.15. The molecule has 2 aromatic rings. The minimum Gasteiger partial charge on any atom is -0.493 e. The molecule has 28 heavy (non-hydrogen) atoms. The summed E-state index contributed by atoms with van der Waals surface area (Å²) in [6, 6.07) is 5.55. The lowest BCUT2D eigenvalue weighted by Crippen LogP contribution is -2.39. The number of benzene rings is 1. The molecule has 0 atom stereocenters. The van der Waals surface area contributed by atoms with Gasteiger partial charge < -0.3 is 19.7 Å². The first-order valence-electron chi connectivity index (χ1n) is 9.36. The number of nitrogens with one attached hydrogen (secondary N) is 1. The van der Waals surface area contributed by atoms with Crippen LogP contribution in [0.5, 0.6) is 11.5 Å². The molecule has 2 amide bonds. The number of carbonyl (C=O) groups excluding carboxylic acids is 2. The summed E-state index contributed by atoms with van der Waals surface area (Å²) in [6.45, 7) is 0.713. The quantitative estimate of drug-likeness (QED) is 0.798. The Labute approximate surface area is 168 Å². The van der Waals surface area contributed by atoms with Gasteiger partial charge in [0.25, 0.3) is 0 Å². The summed E-state index contributed by atoms with van der Waals surface area (Å²) < 4.78 is 10.6. The Kier molecular flexibility index (Phi) is 6.86. The van der Waals surface area contributed by atoms with Crippen LogP contribution in [0.15, 0.2) is 23.6 Å². The van der Waals surface area contributed by atoms with Gasteiger partial charge >= 0.3 is 0 Å². The van der Waals surface area contributed by atoms with Crippen molar-refractivity contribution in [2.24, 2.45) is 0 Å². The van der Waals surface area contributed by atoms with Gasteiger partial charge in [-0.3, -0.25) is 9.59 Å². The van der Waals surface area contributed by atoms with Crippen molar-refractivity contribution in [3.8, 4) is 22.8 Å². The zero-order valence-electron chi connectivity index (χ0n) is 16.2. The van der Waals surface area contributed by atoms with Crippen LogP contribution in [0.3, 0.4) is 0 Å². The highest BCUT2D eigenvalue weighted by molar-refractivity contribution is 7.14. The van der Waals surface area contributed by atoms with Crippen molar-refractivity contribution < 1.29 is 19.1 Å². The topological polar surface area (TPSA) is 80.8 Å². The first kappa shape index (κ1) is 20.1. The number of hydrogen-bond acceptors (Lipinski definition) is 6. The SMILES string of the molecule is COc1ccc(-c2csc(NC(=O)CN3CCCCCCC3=O)n2)cc1OC. The van der Waals surface area contributed by atoms with Crippen LogP contribution in [-0.4, -0.2) is 49.0 Å². The van der Waals surface area contributed by atoms with E-state index in [0.717, 1.165) is 36.9 Å². The Bertz CT molecular complexity index is 837. The third-order valence-electron chi connectivity index (χ3n) is 4.69. The molecule has 1 aromatic carbocycles. The van der Waals surface area contributed by atoms with Crippen molar-refractivity contribution in [2.45, 2.75) is 32.1 Å². The highest BCUT2D eigenvalue weighted by Crippen LogP contribution is 2.33. The van der Waals surface area contributed by atoms with Crippen LogP contribution in [0.1, 0.15) is 32.1 Å². The molecule has 1 saturated heterocycles. The summed E-state index contributed by atoms with van der Waals surface area (Å²) in [5, 5.41) is 5.19. The molecule has 1 aromatic heterocycles. The van der Waals surface area contributed by atoms with Crippen LogP contribution in [0.2, 0.25) is 0 Å². The molecule has 1 fully saturated rings. The molecule has 3 rings (SSSR count). The molecular weight excluding hydrogens is 378 g/mol. The van der Waals surface area contributed by atoms with E-state index in [1.54, 1.807) is 19.1 Å². The smallest absolute Gasteiger partial charge is 0.245 e. The number of carbonyl (C=O) groups is 2. The summed E-state index contributed by atoms with van der Waals surface area (Å²) >= 11 is 1.35. The van der Waals surface area contributed by atoms with Crippen LogP contribution in [-0.2, 0) is 9.59 Å². The molecule has 1 N–H and O–H groups in total. The summed E-state index contributed by atoms with van der Waals surface area (Å²) in [5.74, 6) is 1.10. The van der Waals surface area contributed by atoms with Gasteiger partial charge in [-0.15, -0.1) is 11.3 Å². The predicted octanol–water partition coefficient (Wildman–Crippen LogP) is 3.56. The molecule has 1 aliphatic heterocycles. The number of nitrogens with zero attached hydrogens (tertiary/aromatic N) is 2. The lowest BCUT2D eigenvalue weighted by molar-refractivity contribution is -0.135. The van der Waals surface area contributed by atoms with E-state index in [0.29, 0.717) is 29.6 Å². The fraction of sp³-hybridized carbons (Fsp3) is 0.450. The van der Waals surface area contributed by atoms with Crippen LogP contribution >= 0.6 is 11.3 Å². The maximum absolute atomic E-state index is 12.4. The van der Waals surface area contributed by atoms with Crippen LogP contribution < -0.4 is 14.8 Å². The molecule has 0 bridgehead atoms. The summed E-state index contributed by atoms with van der Waals surface area (Å²) in [6.07, 6.45) is 4.56. The van der Waals surface area contributed by atoms with Gasteiger partial charge in [0.15, 0.2) is 16.6 Å². The van der Waals surface area contributed by atoms with Gasteiger partial charge in [0.1, 0.15) is 0 Å². The van der Waals surface area contributed by atoms with E-state index in [-0.39, 0.29) is 18.4 Å². The molecule has 8 heteroatoms. The average molecular weight is 404 g/mol. The molecule has 1 aliphatic rings. The molecule has 0 radical (unpaired) electrons. The fourth-order valence-corrected chi connectivity index (χ4v) is 3.91. The number of rotatable bonds is 6. The van der Waals surface area contributed by atoms with Gasteiger partial charge in [0.2, 0.25) is 11.8 Å². The first-order valence-corrected chi connectivity index (χ1v) is 10.2. The first-order chi connectivity index (χ1) is 13.6. The molecular formula is C20H25N3O4S. The maximum Gasteiger partial charge on any atom is 0.245 e. The highest BCUT2D eigenvalue weighted by atomic mass is 32.1. The highest BCUT2D eigenvalue weighted by Gasteiger charge is 2.19. The van der Waals surface area contributed by atoms with Gasteiger partial charge in [-0.25, -0.2) is 4.98 Å². The third kappa shape index (κ3) is 5.01. The van der Waals surface area contributed by atoms with E-state index in [4.69, 9.17) is 9.47 Å². The van der Waals surface area contributed by atoms with E-state index in [1.807, 2.05) is 23.6 Å². The van der Waals surface area contributed by atoms with Crippen molar-refractivity contribution >= 4 is 28.3 Å². The maximum atomic E-state index is 12.4. The molecule has 7 nitrogen and oxygen atoms in total. The van der Waals surface area contributed by atoms with E-state index < -0.39 is 0 Å². The number of ether oxygens (including phenoxy) is 2. The van der Waals surface area contributed by atoms with Gasteiger partial charge in [-0.1, -0.05) is 12.8 Å². The number of aromatic nitrogens is 1. The van der Waals surface area contributed by atoms with E-state index in [1.165, 1.54) is 11.3 Å². The zero-order valence-corrected chi connectivity index (χ0v) is 17.0. The van der Waals surface area contributed by atoms with E-state index in [9.17, 15) is 9.59 Å². The van der Waals surface area contributed by atoms with Gasteiger partial charge in [0.05, 0.1) is 26.5 Å². The van der Waals surface area contributed by atoms with Crippen molar-refractivity contribution in [1.82, 2.24) is 9.88 Å². The largest absolute Gasteiger partial charge is 0.493 e. The van der Waals surface area contributed by atoms with Gasteiger partial charge in [-0.2, -0.15) is 0 Å². The second kappa shape index (κ2) is 9.54.